The fraction of sp³-hybridized carbons (Fsp3) is 0.889. The number of carbonyl (C=O) groups excluding carboxylic acids is 1. The van der Waals surface area contributed by atoms with Gasteiger partial charge in [-0.3, -0.25) is 4.79 Å². The zero-order chi connectivity index (χ0) is 9.84. The molecule has 0 unspecified atom stereocenters. The maximum absolute atomic E-state index is 11.7. The second-order valence-corrected chi connectivity index (χ2v) is 3.60. The molecular weight excluding hydrogens is 166 g/mol. The molecule has 3 N–H and O–H groups in total. The molecular formula is C9H19N3O. The van der Waals surface area contributed by atoms with Crippen molar-refractivity contribution in [3.8, 4) is 0 Å². The number of nitrogens with one attached hydrogen (secondary N) is 1. The second kappa shape index (κ2) is 4.58. The van der Waals surface area contributed by atoms with Gasteiger partial charge in [0.25, 0.3) is 0 Å². The highest BCUT2D eigenvalue weighted by Gasteiger charge is 2.25. The van der Waals surface area contributed by atoms with Gasteiger partial charge in [0.1, 0.15) is 0 Å². The normalized spacial score (nSPS) is 25.8. The van der Waals surface area contributed by atoms with Crippen molar-refractivity contribution >= 4 is 5.91 Å². The molecule has 1 amide bonds. The third-order valence-corrected chi connectivity index (χ3v) is 2.54. The summed E-state index contributed by atoms with van der Waals surface area (Å²) in [5.74, 6) is 0.0940. The molecule has 0 saturated carbocycles. The minimum atomic E-state index is -0.319. The van der Waals surface area contributed by atoms with Gasteiger partial charge in [-0.15, -0.1) is 0 Å². The first-order valence-corrected chi connectivity index (χ1v) is 4.93. The topological polar surface area (TPSA) is 58.4 Å². The molecule has 0 bridgehead atoms. The average molecular weight is 185 g/mol. The van der Waals surface area contributed by atoms with Gasteiger partial charge in [-0.25, -0.2) is 0 Å². The molecule has 2 atom stereocenters. The quantitative estimate of drug-likeness (QED) is 0.612. The van der Waals surface area contributed by atoms with E-state index in [9.17, 15) is 4.79 Å². The van der Waals surface area contributed by atoms with Crippen LogP contribution >= 0.6 is 0 Å². The van der Waals surface area contributed by atoms with Crippen LogP contribution in [0.5, 0.6) is 0 Å². The van der Waals surface area contributed by atoms with Crippen molar-refractivity contribution in [2.75, 3.05) is 19.6 Å². The van der Waals surface area contributed by atoms with Crippen LogP contribution in [0.25, 0.3) is 0 Å². The summed E-state index contributed by atoms with van der Waals surface area (Å²) >= 11 is 0. The summed E-state index contributed by atoms with van der Waals surface area (Å²) in [6.07, 6.45) is 0.718. The van der Waals surface area contributed by atoms with Gasteiger partial charge in [-0.1, -0.05) is 6.92 Å². The predicted octanol–water partition coefficient (Wildman–Crippen LogP) is -0.456. The Morgan fingerprint density at radius 3 is 3.00 bits per heavy atom. The average Bonchev–Trinajstić information content (AvgIpc) is 2.16. The Morgan fingerprint density at radius 2 is 2.46 bits per heavy atom. The van der Waals surface area contributed by atoms with Gasteiger partial charge in [0.15, 0.2) is 0 Å². The molecule has 76 valence electrons. The molecule has 4 heteroatoms. The van der Waals surface area contributed by atoms with Crippen LogP contribution in [0.3, 0.4) is 0 Å². The van der Waals surface area contributed by atoms with Crippen LogP contribution in [0.4, 0.5) is 0 Å². The Balaban J connectivity index is 2.53. The van der Waals surface area contributed by atoms with Gasteiger partial charge in [-0.05, 0) is 13.3 Å². The summed E-state index contributed by atoms with van der Waals surface area (Å²) in [5, 5.41) is 3.24. The van der Waals surface area contributed by atoms with Crippen molar-refractivity contribution < 1.29 is 4.79 Å². The minimum Gasteiger partial charge on any atom is -0.336 e. The molecule has 1 saturated heterocycles. The first kappa shape index (κ1) is 10.5. The third-order valence-electron chi connectivity index (χ3n) is 2.54. The number of hydrogen-bond acceptors (Lipinski definition) is 3. The molecule has 4 nitrogen and oxygen atoms in total. The molecule has 1 aliphatic rings. The summed E-state index contributed by atoms with van der Waals surface area (Å²) in [4.78, 5) is 13.6. The number of nitrogens with zero attached hydrogens (tertiary/aromatic N) is 1. The molecule has 1 heterocycles. The lowest BCUT2D eigenvalue weighted by molar-refractivity contribution is -0.135. The molecule has 1 aliphatic heterocycles. The van der Waals surface area contributed by atoms with Gasteiger partial charge >= 0.3 is 0 Å². The molecule has 0 aliphatic carbocycles. The van der Waals surface area contributed by atoms with Gasteiger partial charge in [0, 0.05) is 25.7 Å². The molecule has 0 aromatic rings. The zero-order valence-corrected chi connectivity index (χ0v) is 8.42. The number of carbonyl (C=O) groups is 1. The SMILES string of the molecule is CC[C@H](N)C(=O)N1CCNC[C@@H]1C. The van der Waals surface area contributed by atoms with E-state index in [1.807, 2.05) is 18.7 Å². The Bertz CT molecular complexity index is 184. The first-order valence-electron chi connectivity index (χ1n) is 4.93. The van der Waals surface area contributed by atoms with Gasteiger partial charge in [-0.2, -0.15) is 0 Å². The number of rotatable bonds is 2. The number of piperazine rings is 1. The summed E-state index contributed by atoms with van der Waals surface area (Å²) in [7, 11) is 0. The number of nitrogens with two attached hydrogens (primary N) is 1. The molecule has 1 fully saturated rings. The summed E-state index contributed by atoms with van der Waals surface area (Å²) in [6.45, 7) is 6.53. The fourth-order valence-corrected chi connectivity index (χ4v) is 1.56. The molecule has 0 spiro atoms. The van der Waals surface area contributed by atoms with Crippen LogP contribution in [0.1, 0.15) is 20.3 Å². The van der Waals surface area contributed by atoms with Crippen LogP contribution in [0, 0.1) is 0 Å². The van der Waals surface area contributed by atoms with Gasteiger partial charge < -0.3 is 16.0 Å². The van der Waals surface area contributed by atoms with Gasteiger partial charge in [0.05, 0.1) is 6.04 Å². The van der Waals surface area contributed by atoms with Gasteiger partial charge in [0.2, 0.25) is 5.91 Å². The maximum Gasteiger partial charge on any atom is 0.239 e. The smallest absolute Gasteiger partial charge is 0.239 e. The highest BCUT2D eigenvalue weighted by Crippen LogP contribution is 2.05. The third kappa shape index (κ3) is 2.42. The van der Waals surface area contributed by atoms with Crippen molar-refractivity contribution in [1.82, 2.24) is 10.2 Å². The van der Waals surface area contributed by atoms with E-state index in [1.165, 1.54) is 0 Å². The molecule has 0 radical (unpaired) electrons. The fourth-order valence-electron chi connectivity index (χ4n) is 1.56. The van der Waals surface area contributed by atoms with E-state index < -0.39 is 0 Å². The van der Waals surface area contributed by atoms with Crippen LogP contribution in [0.2, 0.25) is 0 Å². The van der Waals surface area contributed by atoms with E-state index in [1.54, 1.807) is 0 Å². The lowest BCUT2D eigenvalue weighted by Crippen LogP contribution is -2.56. The monoisotopic (exact) mass is 185 g/mol. The molecule has 0 aromatic heterocycles. The number of amides is 1. The molecule has 13 heavy (non-hydrogen) atoms. The summed E-state index contributed by atoms with van der Waals surface area (Å²) in [5.41, 5.74) is 5.70. The Labute approximate surface area is 79.5 Å². The highest BCUT2D eigenvalue weighted by molar-refractivity contribution is 5.82. The Hall–Kier alpha value is -0.610. The highest BCUT2D eigenvalue weighted by atomic mass is 16.2. The van der Waals surface area contributed by atoms with E-state index >= 15 is 0 Å². The van der Waals surface area contributed by atoms with Crippen LogP contribution in [0.15, 0.2) is 0 Å². The first-order chi connectivity index (χ1) is 6.16. The summed E-state index contributed by atoms with van der Waals surface area (Å²) in [6, 6.07) is -0.0422. The van der Waals surface area contributed by atoms with Crippen LogP contribution in [-0.4, -0.2) is 42.5 Å². The largest absolute Gasteiger partial charge is 0.336 e. The Kier molecular flexibility index (Phi) is 3.69. The van der Waals surface area contributed by atoms with Crippen LogP contribution in [-0.2, 0) is 4.79 Å². The molecule has 0 aromatic carbocycles. The zero-order valence-electron chi connectivity index (χ0n) is 8.42. The van der Waals surface area contributed by atoms with E-state index in [2.05, 4.69) is 5.32 Å². The Morgan fingerprint density at radius 1 is 1.77 bits per heavy atom. The van der Waals surface area contributed by atoms with Crippen molar-refractivity contribution in [1.29, 1.82) is 0 Å². The van der Waals surface area contributed by atoms with E-state index in [-0.39, 0.29) is 18.0 Å². The van der Waals surface area contributed by atoms with Crippen molar-refractivity contribution in [3.63, 3.8) is 0 Å². The predicted molar refractivity (Wildman–Crippen MR) is 52.3 cm³/mol. The summed E-state index contributed by atoms with van der Waals surface area (Å²) < 4.78 is 0. The lowest BCUT2D eigenvalue weighted by atomic mass is 10.1. The standard InChI is InChI=1S/C9H19N3O/c1-3-8(10)9(13)12-5-4-11-6-7(12)2/h7-8,11H,3-6,10H2,1-2H3/t7-,8-/m0/s1. The maximum atomic E-state index is 11.7. The number of hydrogen-bond donors (Lipinski definition) is 2. The van der Waals surface area contributed by atoms with E-state index in [0.29, 0.717) is 0 Å². The second-order valence-electron chi connectivity index (χ2n) is 3.60. The van der Waals surface area contributed by atoms with Crippen LogP contribution < -0.4 is 11.1 Å². The molecule has 1 rings (SSSR count). The van der Waals surface area contributed by atoms with Crippen molar-refractivity contribution in [2.24, 2.45) is 5.73 Å². The van der Waals surface area contributed by atoms with E-state index in [4.69, 9.17) is 5.73 Å². The van der Waals surface area contributed by atoms with E-state index in [0.717, 1.165) is 26.1 Å². The van der Waals surface area contributed by atoms with Crippen molar-refractivity contribution in [2.45, 2.75) is 32.4 Å². The minimum absolute atomic E-state index is 0.0940. The lowest BCUT2D eigenvalue weighted by Gasteiger charge is -2.35. The van der Waals surface area contributed by atoms with Crippen molar-refractivity contribution in [3.05, 3.63) is 0 Å².